The van der Waals surface area contributed by atoms with Crippen LogP contribution in [-0.2, 0) is 4.79 Å². The Morgan fingerprint density at radius 1 is 1.17 bits per heavy atom. The third-order valence-corrected chi connectivity index (χ3v) is 5.65. The number of benzene rings is 1. The zero-order chi connectivity index (χ0) is 25.7. The highest BCUT2D eigenvalue weighted by Crippen LogP contribution is 2.33. The number of methoxy groups -OCH3 is 1. The van der Waals surface area contributed by atoms with Crippen molar-refractivity contribution in [2.75, 3.05) is 56.9 Å². The van der Waals surface area contributed by atoms with Crippen molar-refractivity contribution in [2.24, 2.45) is 0 Å². The molecule has 0 fully saturated rings. The number of carbonyl (C=O) groups is 1. The number of pyridine rings is 1. The lowest BCUT2D eigenvalue weighted by molar-refractivity contribution is -0.111. The highest BCUT2D eigenvalue weighted by Gasteiger charge is 2.16. The minimum absolute atomic E-state index is 0.287. The van der Waals surface area contributed by atoms with Gasteiger partial charge in [-0.15, -0.1) is 0 Å². The Morgan fingerprint density at radius 2 is 2.00 bits per heavy atom. The topological polar surface area (TPSA) is 99.9 Å². The third kappa shape index (κ3) is 5.44. The van der Waals surface area contributed by atoms with E-state index in [-0.39, 0.29) is 5.91 Å². The van der Waals surface area contributed by atoms with E-state index in [0.717, 1.165) is 35.5 Å². The van der Waals surface area contributed by atoms with E-state index < -0.39 is 0 Å². The molecule has 1 amide bonds. The van der Waals surface area contributed by atoms with Crippen LogP contribution in [0, 0.1) is 0 Å². The quantitative estimate of drug-likeness (QED) is 0.328. The number of carbonyl (C=O) groups excluding carboxylic acids is 1. The summed E-state index contributed by atoms with van der Waals surface area (Å²) in [5.41, 5.74) is 4.61. The maximum atomic E-state index is 12.1. The molecule has 3 aromatic heterocycles. The summed E-state index contributed by atoms with van der Waals surface area (Å²) in [6.07, 6.45) is 6.51. The van der Waals surface area contributed by atoms with Crippen LogP contribution in [0.25, 0.3) is 16.8 Å². The minimum atomic E-state index is -0.287. The van der Waals surface area contributed by atoms with Crippen molar-refractivity contribution in [3.05, 3.63) is 67.6 Å². The number of ether oxygens (including phenoxy) is 1. The highest BCUT2D eigenvalue weighted by molar-refractivity contribution is 6.01. The Labute approximate surface area is 210 Å². The average Bonchev–Trinajstić information content (AvgIpc) is 3.31. The van der Waals surface area contributed by atoms with Crippen molar-refractivity contribution >= 4 is 34.4 Å². The Hall–Kier alpha value is -4.44. The fourth-order valence-electron chi connectivity index (χ4n) is 3.72. The largest absolute Gasteiger partial charge is 0.493 e. The van der Waals surface area contributed by atoms with Crippen molar-refractivity contribution in [1.29, 1.82) is 0 Å². The number of likely N-dealkylation sites (N-methyl/N-ethyl adjacent to an activating group) is 2. The summed E-state index contributed by atoms with van der Waals surface area (Å²) in [6, 6.07) is 11.6. The van der Waals surface area contributed by atoms with Gasteiger partial charge in [0.2, 0.25) is 11.9 Å². The van der Waals surface area contributed by atoms with Crippen LogP contribution in [0.4, 0.5) is 23.0 Å². The van der Waals surface area contributed by atoms with Gasteiger partial charge < -0.3 is 25.2 Å². The van der Waals surface area contributed by atoms with Gasteiger partial charge in [-0.1, -0.05) is 12.6 Å². The number of anilines is 4. The van der Waals surface area contributed by atoms with Gasteiger partial charge in [0.15, 0.2) is 5.75 Å². The standard InChI is InChI=1S/C26H30N8O2/c1-6-24(35)30-20-15-18(10-11-22(20)33(4)14-13-32(2)3)29-26-27-17-23(36-5)25(31-26)19-16-28-34-12-8-7-9-21(19)34/h6-12,15-17H,1,13-14H2,2-5H3,(H,30,35)(H,27,29,31). The molecule has 0 aliphatic rings. The summed E-state index contributed by atoms with van der Waals surface area (Å²) in [4.78, 5) is 25.5. The molecular weight excluding hydrogens is 456 g/mol. The van der Waals surface area contributed by atoms with Gasteiger partial charge in [0, 0.05) is 32.0 Å². The molecule has 0 bridgehead atoms. The molecule has 0 saturated carbocycles. The molecule has 4 aromatic rings. The fourth-order valence-corrected chi connectivity index (χ4v) is 3.72. The molecule has 10 nitrogen and oxygen atoms in total. The molecule has 0 aliphatic carbocycles. The van der Waals surface area contributed by atoms with Crippen LogP contribution >= 0.6 is 0 Å². The molecule has 0 spiro atoms. The smallest absolute Gasteiger partial charge is 0.247 e. The molecule has 3 heterocycles. The number of aromatic nitrogens is 4. The second-order valence-electron chi connectivity index (χ2n) is 8.47. The van der Waals surface area contributed by atoms with Crippen LogP contribution in [-0.4, -0.2) is 71.7 Å². The van der Waals surface area contributed by atoms with E-state index in [1.807, 2.05) is 63.7 Å². The van der Waals surface area contributed by atoms with E-state index >= 15 is 0 Å². The van der Waals surface area contributed by atoms with Crippen molar-refractivity contribution in [1.82, 2.24) is 24.5 Å². The first-order chi connectivity index (χ1) is 17.4. The Morgan fingerprint density at radius 3 is 2.75 bits per heavy atom. The predicted octanol–water partition coefficient (Wildman–Crippen LogP) is 3.67. The van der Waals surface area contributed by atoms with E-state index in [2.05, 4.69) is 37.1 Å². The maximum Gasteiger partial charge on any atom is 0.247 e. The second-order valence-corrected chi connectivity index (χ2v) is 8.47. The Kier molecular flexibility index (Phi) is 7.45. The summed E-state index contributed by atoms with van der Waals surface area (Å²) in [5, 5.41) is 10.6. The number of amides is 1. The molecule has 36 heavy (non-hydrogen) atoms. The molecule has 2 N–H and O–H groups in total. The number of rotatable bonds is 10. The van der Waals surface area contributed by atoms with Crippen molar-refractivity contribution in [3.63, 3.8) is 0 Å². The number of fused-ring (bicyclic) bond motifs is 1. The number of nitrogens with one attached hydrogen (secondary N) is 2. The molecule has 4 rings (SSSR count). The highest BCUT2D eigenvalue weighted by atomic mass is 16.5. The molecule has 0 radical (unpaired) electrons. The molecule has 0 atom stereocenters. The summed E-state index contributed by atoms with van der Waals surface area (Å²) in [7, 11) is 7.63. The monoisotopic (exact) mass is 486 g/mol. The zero-order valence-electron chi connectivity index (χ0n) is 20.9. The van der Waals surface area contributed by atoms with Gasteiger partial charge in [0.1, 0.15) is 5.69 Å². The predicted molar refractivity (Wildman–Crippen MR) is 143 cm³/mol. The van der Waals surface area contributed by atoms with E-state index in [1.54, 1.807) is 24.0 Å². The molecule has 186 valence electrons. The normalized spacial score (nSPS) is 10.9. The van der Waals surface area contributed by atoms with Crippen LogP contribution in [0.1, 0.15) is 0 Å². The molecule has 0 unspecified atom stereocenters. The van der Waals surface area contributed by atoms with Crippen LogP contribution in [0.2, 0.25) is 0 Å². The van der Waals surface area contributed by atoms with Crippen molar-refractivity contribution < 1.29 is 9.53 Å². The van der Waals surface area contributed by atoms with Crippen LogP contribution in [0.5, 0.6) is 5.75 Å². The summed E-state index contributed by atoms with van der Waals surface area (Å²) in [6.45, 7) is 5.23. The van der Waals surface area contributed by atoms with Gasteiger partial charge in [-0.3, -0.25) is 4.79 Å². The first kappa shape index (κ1) is 24.7. The summed E-state index contributed by atoms with van der Waals surface area (Å²) >= 11 is 0. The Bertz CT molecular complexity index is 1380. The number of hydrogen-bond acceptors (Lipinski definition) is 8. The second kappa shape index (κ2) is 10.9. The van der Waals surface area contributed by atoms with E-state index in [1.165, 1.54) is 6.08 Å². The van der Waals surface area contributed by atoms with Crippen LogP contribution in [0.15, 0.2) is 67.6 Å². The maximum absolute atomic E-state index is 12.1. The molecule has 1 aromatic carbocycles. The molecule has 0 aliphatic heterocycles. The van der Waals surface area contributed by atoms with E-state index in [0.29, 0.717) is 23.1 Å². The Balaban J connectivity index is 1.66. The van der Waals surface area contributed by atoms with Crippen molar-refractivity contribution in [3.8, 4) is 17.0 Å². The SMILES string of the molecule is C=CC(=O)Nc1cc(Nc2ncc(OC)c(-c3cnn4ccccc34)n2)ccc1N(C)CCN(C)C. The van der Waals surface area contributed by atoms with Crippen molar-refractivity contribution in [2.45, 2.75) is 0 Å². The number of hydrogen-bond donors (Lipinski definition) is 2. The zero-order valence-corrected chi connectivity index (χ0v) is 20.9. The summed E-state index contributed by atoms with van der Waals surface area (Å²) in [5.74, 6) is 0.636. The first-order valence-electron chi connectivity index (χ1n) is 11.4. The molecule has 10 heteroatoms. The summed E-state index contributed by atoms with van der Waals surface area (Å²) < 4.78 is 7.31. The van der Waals surface area contributed by atoms with Crippen LogP contribution in [0.3, 0.4) is 0 Å². The van der Waals surface area contributed by atoms with Gasteiger partial charge in [0.05, 0.1) is 42.0 Å². The van der Waals surface area contributed by atoms with E-state index in [4.69, 9.17) is 9.72 Å². The third-order valence-electron chi connectivity index (χ3n) is 5.65. The lowest BCUT2D eigenvalue weighted by atomic mass is 10.2. The average molecular weight is 487 g/mol. The molecular formula is C26H30N8O2. The van der Waals surface area contributed by atoms with E-state index in [9.17, 15) is 4.79 Å². The van der Waals surface area contributed by atoms with Gasteiger partial charge in [-0.2, -0.15) is 5.10 Å². The lowest BCUT2D eigenvalue weighted by Gasteiger charge is -2.24. The van der Waals surface area contributed by atoms with Gasteiger partial charge in [-0.25, -0.2) is 14.5 Å². The minimum Gasteiger partial charge on any atom is -0.493 e. The van der Waals surface area contributed by atoms with Crippen LogP contribution < -0.4 is 20.3 Å². The number of nitrogens with zero attached hydrogens (tertiary/aromatic N) is 6. The van der Waals surface area contributed by atoms with Gasteiger partial charge in [-0.05, 0) is 50.5 Å². The van der Waals surface area contributed by atoms with Gasteiger partial charge >= 0.3 is 0 Å². The molecule has 0 saturated heterocycles. The van der Waals surface area contributed by atoms with Gasteiger partial charge in [0.25, 0.3) is 0 Å². The lowest BCUT2D eigenvalue weighted by Crippen LogP contribution is -2.29. The first-order valence-corrected chi connectivity index (χ1v) is 11.4. The fraction of sp³-hybridized carbons (Fsp3) is 0.231.